The average molecular weight is 308 g/mol. The van der Waals surface area contributed by atoms with Crippen molar-refractivity contribution < 1.29 is 4.79 Å². The van der Waals surface area contributed by atoms with Gasteiger partial charge < -0.3 is 9.88 Å². The largest absolute Gasteiger partial charge is 0.350 e. The first kappa shape index (κ1) is 15.8. The molecule has 114 valence electrons. The highest BCUT2D eigenvalue weighted by molar-refractivity contribution is 6.20. The fraction of sp³-hybridized carbons (Fsp3) is 0.500. The van der Waals surface area contributed by atoms with E-state index >= 15 is 0 Å². The Kier molecular flexibility index (Phi) is 4.28. The van der Waals surface area contributed by atoms with Crippen molar-refractivity contribution in [1.82, 2.24) is 14.9 Å². The lowest BCUT2D eigenvalue weighted by molar-refractivity contribution is -0.123. The van der Waals surface area contributed by atoms with Gasteiger partial charge in [-0.1, -0.05) is 6.07 Å². The van der Waals surface area contributed by atoms with E-state index in [4.69, 9.17) is 11.6 Å². The second-order valence-electron chi connectivity index (χ2n) is 6.46. The first-order valence-corrected chi connectivity index (χ1v) is 7.53. The maximum absolute atomic E-state index is 12.2. The molecule has 1 amide bonds. The van der Waals surface area contributed by atoms with Gasteiger partial charge >= 0.3 is 0 Å². The first-order chi connectivity index (χ1) is 9.67. The van der Waals surface area contributed by atoms with Gasteiger partial charge in [0.1, 0.15) is 12.4 Å². The van der Waals surface area contributed by atoms with E-state index in [1.54, 1.807) is 0 Å². The van der Waals surface area contributed by atoms with Gasteiger partial charge in [-0.15, -0.1) is 11.6 Å². The number of hydrogen-bond acceptors (Lipinski definition) is 2. The van der Waals surface area contributed by atoms with E-state index in [0.29, 0.717) is 0 Å². The number of fused-ring (bicyclic) bond motifs is 1. The van der Waals surface area contributed by atoms with E-state index in [9.17, 15) is 4.79 Å². The molecule has 0 fully saturated rings. The van der Waals surface area contributed by atoms with Gasteiger partial charge in [0, 0.05) is 5.54 Å². The van der Waals surface area contributed by atoms with Crippen LogP contribution in [0.4, 0.5) is 0 Å². The van der Waals surface area contributed by atoms with Crippen LogP contribution in [-0.2, 0) is 11.3 Å². The van der Waals surface area contributed by atoms with Gasteiger partial charge in [0.05, 0.1) is 16.4 Å². The molecular formula is C16H22ClN3O. The van der Waals surface area contributed by atoms with E-state index in [0.717, 1.165) is 22.4 Å². The van der Waals surface area contributed by atoms with Crippen molar-refractivity contribution in [2.45, 2.75) is 52.1 Å². The zero-order valence-electron chi connectivity index (χ0n) is 13.2. The van der Waals surface area contributed by atoms with Crippen molar-refractivity contribution in [2.75, 3.05) is 0 Å². The Morgan fingerprint density at radius 1 is 1.43 bits per heavy atom. The van der Waals surface area contributed by atoms with Crippen LogP contribution in [0.3, 0.4) is 0 Å². The number of amides is 1. The van der Waals surface area contributed by atoms with Gasteiger partial charge in [-0.3, -0.25) is 4.79 Å². The van der Waals surface area contributed by atoms with E-state index in [2.05, 4.69) is 10.3 Å². The van der Waals surface area contributed by atoms with Crippen molar-refractivity contribution in [3.8, 4) is 0 Å². The van der Waals surface area contributed by atoms with Crippen molar-refractivity contribution >= 4 is 28.5 Å². The first-order valence-electron chi connectivity index (χ1n) is 7.09. The number of alkyl halides is 1. The molecule has 2 aromatic rings. The molecule has 0 saturated heterocycles. The van der Waals surface area contributed by atoms with Crippen LogP contribution in [-0.4, -0.2) is 21.0 Å². The number of nitrogens with one attached hydrogen (secondary N) is 1. The molecule has 1 aromatic heterocycles. The standard InChI is InChI=1S/C16H22ClN3O/c1-10-6-7-13-12(8-10)18-15(11(2)17)20(13)9-14(21)19-16(3,4)5/h6-8,11H,9H2,1-5H3,(H,19,21). The van der Waals surface area contributed by atoms with Crippen LogP contribution in [0.2, 0.25) is 0 Å². The van der Waals surface area contributed by atoms with Crippen LogP contribution < -0.4 is 5.32 Å². The molecule has 1 N–H and O–H groups in total. The Bertz CT molecular complexity index is 668. The van der Waals surface area contributed by atoms with E-state index in [1.165, 1.54) is 0 Å². The zero-order valence-corrected chi connectivity index (χ0v) is 14.0. The topological polar surface area (TPSA) is 46.9 Å². The second-order valence-corrected chi connectivity index (χ2v) is 7.12. The van der Waals surface area contributed by atoms with E-state index < -0.39 is 0 Å². The predicted octanol–water partition coefficient (Wildman–Crippen LogP) is 3.56. The zero-order chi connectivity index (χ0) is 15.8. The fourth-order valence-corrected chi connectivity index (χ4v) is 2.50. The normalized spacial score (nSPS) is 13.4. The quantitative estimate of drug-likeness (QED) is 0.881. The number of carbonyl (C=O) groups excluding carboxylic acids is 1. The number of rotatable bonds is 3. The van der Waals surface area contributed by atoms with Gasteiger partial charge in [-0.05, 0) is 52.3 Å². The molecule has 1 atom stereocenters. The maximum atomic E-state index is 12.2. The number of halogens is 1. The molecular weight excluding hydrogens is 286 g/mol. The third-order valence-electron chi connectivity index (χ3n) is 3.11. The Morgan fingerprint density at radius 3 is 2.67 bits per heavy atom. The molecule has 1 aromatic carbocycles. The molecule has 21 heavy (non-hydrogen) atoms. The lowest BCUT2D eigenvalue weighted by Gasteiger charge is -2.21. The smallest absolute Gasteiger partial charge is 0.240 e. The highest BCUT2D eigenvalue weighted by Crippen LogP contribution is 2.25. The van der Waals surface area contributed by atoms with Crippen LogP contribution in [0.25, 0.3) is 11.0 Å². The number of carbonyl (C=O) groups is 1. The molecule has 0 bridgehead atoms. The molecule has 5 heteroatoms. The summed E-state index contributed by atoms with van der Waals surface area (Å²) in [6.45, 7) is 10.0. The minimum absolute atomic E-state index is 0.0408. The average Bonchev–Trinajstić information content (AvgIpc) is 2.64. The Balaban J connectivity index is 2.41. The number of aromatic nitrogens is 2. The van der Waals surface area contributed by atoms with Gasteiger partial charge in [0.2, 0.25) is 5.91 Å². The summed E-state index contributed by atoms with van der Waals surface area (Å²) in [6, 6.07) is 6.02. The summed E-state index contributed by atoms with van der Waals surface area (Å²) in [5.41, 5.74) is 2.70. The highest BCUT2D eigenvalue weighted by Gasteiger charge is 2.19. The van der Waals surface area contributed by atoms with Crippen LogP contribution in [0.15, 0.2) is 18.2 Å². The summed E-state index contributed by atoms with van der Waals surface area (Å²) >= 11 is 6.22. The Hall–Kier alpha value is -1.55. The molecule has 0 spiro atoms. The van der Waals surface area contributed by atoms with Gasteiger partial charge in [-0.25, -0.2) is 4.98 Å². The lowest BCUT2D eigenvalue weighted by atomic mass is 10.1. The SMILES string of the molecule is Cc1ccc2c(c1)nc(C(C)Cl)n2CC(=O)NC(C)(C)C. The molecule has 0 aliphatic carbocycles. The molecule has 0 aliphatic heterocycles. The molecule has 0 saturated carbocycles. The van der Waals surface area contributed by atoms with Crippen molar-refractivity contribution in [2.24, 2.45) is 0 Å². The van der Waals surface area contributed by atoms with Crippen molar-refractivity contribution in [3.63, 3.8) is 0 Å². The number of aryl methyl sites for hydroxylation is 1. The summed E-state index contributed by atoms with van der Waals surface area (Å²) in [6.07, 6.45) is 0. The predicted molar refractivity (Wildman–Crippen MR) is 86.6 cm³/mol. The minimum Gasteiger partial charge on any atom is -0.350 e. The third-order valence-corrected chi connectivity index (χ3v) is 3.30. The second kappa shape index (κ2) is 5.68. The number of imidazole rings is 1. The molecule has 1 heterocycles. The van der Waals surface area contributed by atoms with Crippen LogP contribution in [0.1, 0.15) is 44.5 Å². The summed E-state index contributed by atoms with van der Waals surface area (Å²) in [5.74, 6) is 0.683. The number of hydrogen-bond donors (Lipinski definition) is 1. The fourth-order valence-electron chi connectivity index (χ4n) is 2.33. The highest BCUT2D eigenvalue weighted by atomic mass is 35.5. The summed E-state index contributed by atoms with van der Waals surface area (Å²) < 4.78 is 1.90. The summed E-state index contributed by atoms with van der Waals surface area (Å²) in [5, 5.41) is 2.72. The number of nitrogens with zero attached hydrogens (tertiary/aromatic N) is 2. The summed E-state index contributed by atoms with van der Waals surface area (Å²) in [7, 11) is 0. The van der Waals surface area contributed by atoms with E-state index in [1.807, 2.05) is 57.4 Å². The molecule has 4 nitrogen and oxygen atoms in total. The van der Waals surface area contributed by atoms with Crippen LogP contribution in [0, 0.1) is 6.92 Å². The minimum atomic E-state index is -0.253. The third kappa shape index (κ3) is 3.76. The number of benzene rings is 1. The molecule has 0 radical (unpaired) electrons. The van der Waals surface area contributed by atoms with Crippen molar-refractivity contribution in [3.05, 3.63) is 29.6 Å². The molecule has 1 unspecified atom stereocenters. The maximum Gasteiger partial charge on any atom is 0.240 e. The lowest BCUT2D eigenvalue weighted by Crippen LogP contribution is -2.42. The van der Waals surface area contributed by atoms with Crippen LogP contribution in [0.5, 0.6) is 0 Å². The van der Waals surface area contributed by atoms with Gasteiger partial charge in [0.25, 0.3) is 0 Å². The Morgan fingerprint density at radius 2 is 2.10 bits per heavy atom. The van der Waals surface area contributed by atoms with Crippen molar-refractivity contribution in [1.29, 1.82) is 0 Å². The van der Waals surface area contributed by atoms with Crippen LogP contribution >= 0.6 is 11.6 Å². The summed E-state index contributed by atoms with van der Waals surface area (Å²) in [4.78, 5) is 16.8. The van der Waals surface area contributed by atoms with Gasteiger partial charge in [0.15, 0.2) is 0 Å². The monoisotopic (exact) mass is 307 g/mol. The Labute approximate surface area is 130 Å². The van der Waals surface area contributed by atoms with Gasteiger partial charge in [-0.2, -0.15) is 0 Å². The van der Waals surface area contributed by atoms with E-state index in [-0.39, 0.29) is 23.4 Å². The molecule has 0 aliphatic rings. The molecule has 2 rings (SSSR count).